The number of halogens is 1. The maximum Gasteiger partial charge on any atom is 0.249 e. The van der Waals surface area contributed by atoms with Crippen LogP contribution in [0.3, 0.4) is 0 Å². The molecule has 35 heavy (non-hydrogen) atoms. The monoisotopic (exact) mass is 533 g/mol. The van der Waals surface area contributed by atoms with Gasteiger partial charge in [-0.1, -0.05) is 12.1 Å². The maximum atomic E-state index is 12.2. The molecule has 0 atom stereocenters. The zero-order valence-electron chi connectivity index (χ0n) is 19.3. The number of anilines is 3. The third kappa shape index (κ3) is 6.81. The van der Waals surface area contributed by atoms with Crippen molar-refractivity contribution in [2.45, 2.75) is 6.61 Å². The third-order valence-electron chi connectivity index (χ3n) is 4.81. The van der Waals surface area contributed by atoms with E-state index in [2.05, 4.69) is 46.5 Å². The van der Waals surface area contributed by atoms with E-state index in [0.717, 1.165) is 21.2 Å². The minimum atomic E-state index is -0.254. The Hall–Kier alpha value is -3.89. The van der Waals surface area contributed by atoms with Gasteiger partial charge in [0.05, 0.1) is 21.9 Å². The summed E-state index contributed by atoms with van der Waals surface area (Å²) in [4.78, 5) is 31.4. The number of fused-ring (bicyclic) bond motifs is 1. The molecule has 9 nitrogen and oxygen atoms in total. The summed E-state index contributed by atoms with van der Waals surface area (Å²) in [5.41, 5.74) is 2.30. The summed E-state index contributed by atoms with van der Waals surface area (Å²) >= 11 is 3.57. The van der Waals surface area contributed by atoms with Gasteiger partial charge in [-0.15, -0.1) is 0 Å². The van der Waals surface area contributed by atoms with Gasteiger partial charge in [-0.25, -0.2) is 15.0 Å². The molecular weight excluding hydrogens is 510 g/mol. The minimum absolute atomic E-state index is 0.254. The molecule has 0 aliphatic heterocycles. The molecule has 0 bridgehead atoms. The Balaban J connectivity index is 1.48. The Morgan fingerprint density at radius 1 is 1.11 bits per heavy atom. The number of likely N-dealkylation sites (N-methyl/N-ethyl adjacent to an activating group) is 1. The highest BCUT2D eigenvalue weighted by molar-refractivity contribution is 9.10. The summed E-state index contributed by atoms with van der Waals surface area (Å²) in [6, 6.07) is 13.1. The zero-order chi connectivity index (χ0) is 24.6. The SMILES string of the molecule is CN(C)CC=CC(=O)Nc1cc2c(Nc3ccc(OCc4ccccn4)c(Br)c3)ncnc2cn1. The predicted octanol–water partition coefficient (Wildman–Crippen LogP) is 4.56. The smallest absolute Gasteiger partial charge is 0.249 e. The van der Waals surface area contributed by atoms with Gasteiger partial charge in [0.25, 0.3) is 0 Å². The van der Waals surface area contributed by atoms with E-state index in [0.29, 0.717) is 36.1 Å². The van der Waals surface area contributed by atoms with E-state index in [-0.39, 0.29) is 5.91 Å². The van der Waals surface area contributed by atoms with Gasteiger partial charge in [-0.2, -0.15) is 0 Å². The van der Waals surface area contributed by atoms with Crippen LogP contribution in [0.4, 0.5) is 17.3 Å². The number of aromatic nitrogens is 4. The van der Waals surface area contributed by atoms with Crippen molar-refractivity contribution in [1.82, 2.24) is 24.8 Å². The van der Waals surface area contributed by atoms with Crippen molar-refractivity contribution in [3.63, 3.8) is 0 Å². The number of carbonyl (C=O) groups is 1. The first-order valence-electron chi connectivity index (χ1n) is 10.8. The van der Waals surface area contributed by atoms with Gasteiger partial charge in [0, 0.05) is 29.9 Å². The van der Waals surface area contributed by atoms with Crippen LogP contribution in [0.15, 0.2) is 77.8 Å². The summed E-state index contributed by atoms with van der Waals surface area (Å²) in [5, 5.41) is 6.81. The van der Waals surface area contributed by atoms with Gasteiger partial charge in [0.15, 0.2) is 0 Å². The van der Waals surface area contributed by atoms with Crippen molar-refractivity contribution in [1.29, 1.82) is 0 Å². The standard InChI is InChI=1S/C25H24BrN7O2/c1-33(2)11-5-7-24(34)32-23-13-19-21(14-28-23)29-16-30-25(19)31-17-8-9-22(20(26)12-17)35-15-18-6-3-4-10-27-18/h3-10,12-14,16H,11,15H2,1-2H3,(H,28,32,34)(H,29,30,31). The molecule has 3 aromatic heterocycles. The summed E-state index contributed by atoms with van der Waals surface area (Å²) < 4.78 is 6.66. The molecule has 4 rings (SSSR count). The third-order valence-corrected chi connectivity index (χ3v) is 5.43. The molecule has 0 saturated carbocycles. The normalized spacial score (nSPS) is 11.2. The second kappa shape index (κ2) is 11.5. The number of nitrogens with one attached hydrogen (secondary N) is 2. The lowest BCUT2D eigenvalue weighted by Gasteiger charge is -2.12. The Kier molecular flexibility index (Phi) is 7.96. The molecule has 3 heterocycles. The predicted molar refractivity (Wildman–Crippen MR) is 140 cm³/mol. The van der Waals surface area contributed by atoms with Crippen LogP contribution in [0.25, 0.3) is 10.9 Å². The molecule has 0 aliphatic carbocycles. The highest BCUT2D eigenvalue weighted by Gasteiger charge is 2.10. The molecular formula is C25H24BrN7O2. The van der Waals surface area contributed by atoms with E-state index in [1.807, 2.05) is 55.4 Å². The van der Waals surface area contributed by atoms with Crippen LogP contribution in [0.5, 0.6) is 5.75 Å². The summed E-state index contributed by atoms with van der Waals surface area (Å²) in [6.45, 7) is 1.04. The highest BCUT2D eigenvalue weighted by Crippen LogP contribution is 2.31. The van der Waals surface area contributed by atoms with E-state index in [4.69, 9.17) is 4.74 Å². The summed E-state index contributed by atoms with van der Waals surface area (Å²) in [7, 11) is 3.87. The topological polar surface area (TPSA) is 105 Å². The first kappa shape index (κ1) is 24.2. The molecule has 0 saturated heterocycles. The zero-order valence-corrected chi connectivity index (χ0v) is 20.9. The molecule has 2 N–H and O–H groups in total. The number of pyridine rings is 2. The quantitative estimate of drug-likeness (QED) is 0.301. The average molecular weight is 534 g/mol. The average Bonchev–Trinajstić information content (AvgIpc) is 2.84. The number of hydrogen-bond acceptors (Lipinski definition) is 8. The number of ether oxygens (including phenoxy) is 1. The van der Waals surface area contributed by atoms with Gasteiger partial charge in [0.2, 0.25) is 5.91 Å². The van der Waals surface area contributed by atoms with E-state index in [1.54, 1.807) is 24.5 Å². The molecule has 0 spiro atoms. The molecule has 0 unspecified atom stereocenters. The largest absolute Gasteiger partial charge is 0.486 e. The molecule has 1 amide bonds. The molecule has 178 valence electrons. The van der Waals surface area contributed by atoms with Crippen LogP contribution in [0.2, 0.25) is 0 Å². The Labute approximate surface area is 211 Å². The Bertz CT molecular complexity index is 1350. The molecule has 4 aromatic rings. The van der Waals surface area contributed by atoms with Crippen molar-refractivity contribution < 1.29 is 9.53 Å². The molecule has 0 radical (unpaired) electrons. The number of hydrogen-bond donors (Lipinski definition) is 2. The van der Waals surface area contributed by atoms with Crippen LogP contribution >= 0.6 is 15.9 Å². The van der Waals surface area contributed by atoms with Gasteiger partial charge < -0.3 is 20.3 Å². The second-order valence-electron chi connectivity index (χ2n) is 7.84. The Morgan fingerprint density at radius 3 is 2.77 bits per heavy atom. The maximum absolute atomic E-state index is 12.2. The van der Waals surface area contributed by atoms with Crippen molar-refractivity contribution in [3.8, 4) is 5.75 Å². The molecule has 0 aliphatic rings. The number of benzene rings is 1. The van der Waals surface area contributed by atoms with E-state index in [9.17, 15) is 4.79 Å². The summed E-state index contributed by atoms with van der Waals surface area (Å²) in [6.07, 6.45) is 8.08. The fourth-order valence-electron chi connectivity index (χ4n) is 3.13. The van der Waals surface area contributed by atoms with Crippen molar-refractivity contribution in [3.05, 3.63) is 83.5 Å². The van der Waals surface area contributed by atoms with E-state index < -0.39 is 0 Å². The Morgan fingerprint density at radius 2 is 2.00 bits per heavy atom. The number of nitrogens with zero attached hydrogens (tertiary/aromatic N) is 5. The second-order valence-corrected chi connectivity index (χ2v) is 8.70. The van der Waals surface area contributed by atoms with Gasteiger partial charge in [-0.05, 0) is 66.4 Å². The minimum Gasteiger partial charge on any atom is -0.486 e. The van der Waals surface area contributed by atoms with Gasteiger partial charge in [-0.3, -0.25) is 9.78 Å². The van der Waals surface area contributed by atoms with Crippen LogP contribution in [0.1, 0.15) is 5.69 Å². The fraction of sp³-hybridized carbons (Fsp3) is 0.160. The van der Waals surface area contributed by atoms with Crippen LogP contribution in [0, 0.1) is 0 Å². The highest BCUT2D eigenvalue weighted by atomic mass is 79.9. The lowest BCUT2D eigenvalue weighted by atomic mass is 10.2. The van der Waals surface area contributed by atoms with Gasteiger partial charge in [0.1, 0.15) is 30.3 Å². The lowest BCUT2D eigenvalue weighted by molar-refractivity contribution is -0.111. The first-order chi connectivity index (χ1) is 17.0. The number of rotatable bonds is 9. The molecule has 1 aromatic carbocycles. The van der Waals surface area contributed by atoms with Crippen LogP contribution in [-0.4, -0.2) is 51.4 Å². The molecule has 10 heteroatoms. The molecule has 0 fully saturated rings. The number of amides is 1. The van der Waals surface area contributed by atoms with E-state index in [1.165, 1.54) is 12.4 Å². The number of carbonyl (C=O) groups excluding carboxylic acids is 1. The van der Waals surface area contributed by atoms with Crippen molar-refractivity contribution >= 4 is 50.1 Å². The van der Waals surface area contributed by atoms with Crippen LogP contribution in [-0.2, 0) is 11.4 Å². The lowest BCUT2D eigenvalue weighted by Crippen LogP contribution is -2.13. The van der Waals surface area contributed by atoms with Crippen molar-refractivity contribution in [2.75, 3.05) is 31.3 Å². The van der Waals surface area contributed by atoms with Gasteiger partial charge >= 0.3 is 0 Å². The van der Waals surface area contributed by atoms with E-state index >= 15 is 0 Å². The summed E-state index contributed by atoms with van der Waals surface area (Å²) in [5.74, 6) is 1.44. The first-order valence-corrected chi connectivity index (χ1v) is 11.6. The van der Waals surface area contributed by atoms with Crippen LogP contribution < -0.4 is 15.4 Å². The van der Waals surface area contributed by atoms with Crippen molar-refractivity contribution in [2.24, 2.45) is 0 Å². The fourth-order valence-corrected chi connectivity index (χ4v) is 3.63.